The number of ether oxygens (including phenoxy) is 1. The Morgan fingerprint density at radius 1 is 1.23 bits per heavy atom. The Morgan fingerprint density at radius 3 is 2.64 bits per heavy atom. The van der Waals surface area contributed by atoms with E-state index in [9.17, 15) is 9.59 Å². The zero-order valence-corrected chi connectivity index (χ0v) is 12.8. The van der Waals surface area contributed by atoms with Gasteiger partial charge in [0.2, 0.25) is 0 Å². The molecule has 1 aromatic heterocycles. The molecular weight excluding hydrogens is 280 g/mol. The average molecular weight is 300 g/mol. The van der Waals surface area contributed by atoms with Crippen molar-refractivity contribution in [3.05, 3.63) is 46.2 Å². The van der Waals surface area contributed by atoms with E-state index < -0.39 is 0 Å². The van der Waals surface area contributed by atoms with Crippen LogP contribution in [0.5, 0.6) is 0 Å². The number of benzene rings is 1. The molecule has 2 heterocycles. The maximum atomic E-state index is 12.4. The first kappa shape index (κ1) is 14.8. The van der Waals surface area contributed by atoms with Crippen LogP contribution in [-0.4, -0.2) is 29.1 Å². The minimum Gasteiger partial charge on any atom is -0.375 e. The summed E-state index contributed by atoms with van der Waals surface area (Å²) in [5.41, 5.74) is 0.831. The van der Waals surface area contributed by atoms with Crippen molar-refractivity contribution in [2.45, 2.75) is 44.9 Å². The van der Waals surface area contributed by atoms with Gasteiger partial charge in [0, 0.05) is 23.0 Å². The molecule has 1 amide bonds. The Labute approximate surface area is 128 Å². The number of hydrogen-bond acceptors (Lipinski definition) is 3. The van der Waals surface area contributed by atoms with Gasteiger partial charge in [-0.1, -0.05) is 12.1 Å². The van der Waals surface area contributed by atoms with Gasteiger partial charge in [-0.25, -0.2) is 0 Å². The number of amides is 1. The minimum atomic E-state index is -0.242. The maximum Gasteiger partial charge on any atom is 0.268 e. The Hall–Kier alpha value is -2.14. The van der Waals surface area contributed by atoms with Crippen LogP contribution in [-0.2, 0) is 4.74 Å². The summed E-state index contributed by atoms with van der Waals surface area (Å²) in [6.07, 6.45) is 1.83. The van der Waals surface area contributed by atoms with Gasteiger partial charge in [0.25, 0.3) is 5.91 Å². The molecule has 0 radical (unpaired) electrons. The molecule has 0 aliphatic carbocycles. The van der Waals surface area contributed by atoms with E-state index in [2.05, 4.69) is 10.3 Å². The molecule has 3 rings (SSSR count). The summed E-state index contributed by atoms with van der Waals surface area (Å²) in [6, 6.07) is 8.62. The summed E-state index contributed by atoms with van der Waals surface area (Å²) in [5, 5.41) is 3.59. The Balaban J connectivity index is 1.82. The summed E-state index contributed by atoms with van der Waals surface area (Å²) >= 11 is 0. The van der Waals surface area contributed by atoms with Gasteiger partial charge in [-0.05, 0) is 38.8 Å². The third-order valence-corrected chi connectivity index (χ3v) is 4.01. The van der Waals surface area contributed by atoms with E-state index in [0.717, 1.165) is 12.8 Å². The fraction of sp³-hybridized carbons (Fsp3) is 0.412. The highest BCUT2D eigenvalue weighted by atomic mass is 16.5. The van der Waals surface area contributed by atoms with Gasteiger partial charge in [0.1, 0.15) is 5.69 Å². The van der Waals surface area contributed by atoms with Crippen molar-refractivity contribution in [2.24, 2.45) is 0 Å². The lowest BCUT2D eigenvalue weighted by Crippen LogP contribution is -2.44. The van der Waals surface area contributed by atoms with Crippen molar-refractivity contribution in [3.8, 4) is 0 Å². The van der Waals surface area contributed by atoms with Crippen molar-refractivity contribution >= 4 is 16.8 Å². The zero-order valence-electron chi connectivity index (χ0n) is 12.8. The standard InChI is InChI=1S/C17H20N2O3/c1-10-7-12(8-11(2)22-10)18-17(21)15-9-16(20)13-5-3-4-6-14(13)19-15/h3-6,9-12H,7-8H2,1-2H3,(H,18,21)(H,19,20)/t10-,11-/m1/s1. The monoisotopic (exact) mass is 300 g/mol. The van der Waals surface area contributed by atoms with Crippen molar-refractivity contribution in [1.29, 1.82) is 0 Å². The number of H-pyrrole nitrogens is 1. The fourth-order valence-corrected chi connectivity index (χ4v) is 3.11. The van der Waals surface area contributed by atoms with Crippen LogP contribution in [0.2, 0.25) is 0 Å². The third kappa shape index (κ3) is 3.04. The number of carbonyl (C=O) groups is 1. The molecule has 2 aromatic rings. The second-order valence-electron chi connectivity index (χ2n) is 5.99. The second kappa shape index (κ2) is 5.93. The number of nitrogens with one attached hydrogen (secondary N) is 2. The van der Waals surface area contributed by atoms with Gasteiger partial charge in [-0.3, -0.25) is 9.59 Å². The van der Waals surface area contributed by atoms with E-state index in [1.54, 1.807) is 12.1 Å². The maximum absolute atomic E-state index is 12.4. The van der Waals surface area contributed by atoms with Crippen molar-refractivity contribution in [2.75, 3.05) is 0 Å². The van der Waals surface area contributed by atoms with E-state index in [-0.39, 0.29) is 29.6 Å². The van der Waals surface area contributed by atoms with Crippen LogP contribution >= 0.6 is 0 Å². The molecule has 0 bridgehead atoms. The highest BCUT2D eigenvalue weighted by Crippen LogP contribution is 2.19. The predicted molar refractivity (Wildman–Crippen MR) is 85.1 cm³/mol. The molecule has 0 spiro atoms. The van der Waals surface area contributed by atoms with Crippen molar-refractivity contribution in [1.82, 2.24) is 10.3 Å². The Morgan fingerprint density at radius 2 is 1.91 bits per heavy atom. The molecule has 0 saturated carbocycles. The molecule has 2 atom stereocenters. The second-order valence-corrected chi connectivity index (χ2v) is 5.99. The minimum absolute atomic E-state index is 0.0706. The van der Waals surface area contributed by atoms with Crippen LogP contribution in [0, 0.1) is 0 Å². The molecule has 0 unspecified atom stereocenters. The lowest BCUT2D eigenvalue weighted by Gasteiger charge is -2.32. The number of fused-ring (bicyclic) bond motifs is 1. The molecule has 1 aliphatic rings. The number of hydrogen-bond donors (Lipinski definition) is 2. The van der Waals surface area contributed by atoms with Gasteiger partial charge >= 0.3 is 0 Å². The van der Waals surface area contributed by atoms with E-state index in [1.165, 1.54) is 6.07 Å². The van der Waals surface area contributed by atoms with Crippen LogP contribution in [0.4, 0.5) is 0 Å². The lowest BCUT2D eigenvalue weighted by atomic mass is 10.00. The molecule has 116 valence electrons. The van der Waals surface area contributed by atoms with E-state index in [1.807, 2.05) is 26.0 Å². The quantitative estimate of drug-likeness (QED) is 0.893. The Bertz CT molecular complexity index is 743. The molecule has 5 nitrogen and oxygen atoms in total. The van der Waals surface area contributed by atoms with Crippen LogP contribution in [0.15, 0.2) is 35.1 Å². The summed E-state index contributed by atoms with van der Waals surface area (Å²) in [6.45, 7) is 4.01. The first-order valence-electron chi connectivity index (χ1n) is 7.61. The molecule has 1 fully saturated rings. The zero-order chi connectivity index (χ0) is 15.7. The smallest absolute Gasteiger partial charge is 0.268 e. The van der Waals surface area contributed by atoms with E-state index in [4.69, 9.17) is 4.74 Å². The predicted octanol–water partition coefficient (Wildman–Crippen LogP) is 2.21. The molecule has 1 aromatic carbocycles. The normalized spacial score (nSPS) is 25.1. The van der Waals surface area contributed by atoms with Crippen molar-refractivity contribution < 1.29 is 9.53 Å². The number of aromatic amines is 1. The van der Waals surface area contributed by atoms with Crippen LogP contribution in [0.3, 0.4) is 0 Å². The average Bonchev–Trinajstić information content (AvgIpc) is 2.46. The van der Waals surface area contributed by atoms with Crippen LogP contribution < -0.4 is 10.7 Å². The summed E-state index contributed by atoms with van der Waals surface area (Å²) in [7, 11) is 0. The summed E-state index contributed by atoms with van der Waals surface area (Å²) in [5.74, 6) is -0.242. The van der Waals surface area contributed by atoms with Gasteiger partial charge in [0.15, 0.2) is 5.43 Å². The summed E-state index contributed by atoms with van der Waals surface area (Å²) < 4.78 is 5.67. The largest absolute Gasteiger partial charge is 0.375 e. The van der Waals surface area contributed by atoms with Crippen LogP contribution in [0.1, 0.15) is 37.2 Å². The van der Waals surface area contributed by atoms with E-state index in [0.29, 0.717) is 16.6 Å². The summed E-state index contributed by atoms with van der Waals surface area (Å²) in [4.78, 5) is 27.5. The van der Waals surface area contributed by atoms with Crippen LogP contribution in [0.25, 0.3) is 10.9 Å². The van der Waals surface area contributed by atoms with E-state index >= 15 is 0 Å². The van der Waals surface area contributed by atoms with Gasteiger partial charge < -0.3 is 15.0 Å². The molecule has 5 heteroatoms. The number of para-hydroxylation sites is 1. The first-order chi connectivity index (χ1) is 10.5. The number of carbonyl (C=O) groups excluding carboxylic acids is 1. The SMILES string of the molecule is C[C@@H]1CC(NC(=O)c2cc(=O)c3ccccc3[nH]2)C[C@@H](C)O1. The van der Waals surface area contributed by atoms with Crippen molar-refractivity contribution in [3.63, 3.8) is 0 Å². The molecule has 22 heavy (non-hydrogen) atoms. The lowest BCUT2D eigenvalue weighted by molar-refractivity contribution is -0.0408. The number of aromatic nitrogens is 1. The van der Waals surface area contributed by atoms with Gasteiger partial charge in [0.05, 0.1) is 12.2 Å². The Kier molecular flexibility index (Phi) is 3.98. The third-order valence-electron chi connectivity index (χ3n) is 4.01. The molecule has 1 aliphatic heterocycles. The fourth-order valence-electron chi connectivity index (χ4n) is 3.11. The highest BCUT2D eigenvalue weighted by Gasteiger charge is 2.26. The highest BCUT2D eigenvalue weighted by molar-refractivity contribution is 5.95. The molecule has 2 N–H and O–H groups in total. The first-order valence-corrected chi connectivity index (χ1v) is 7.61. The number of pyridine rings is 1. The van der Waals surface area contributed by atoms with Gasteiger partial charge in [-0.2, -0.15) is 0 Å². The molecular formula is C17H20N2O3. The van der Waals surface area contributed by atoms with Gasteiger partial charge in [-0.15, -0.1) is 0 Å². The number of rotatable bonds is 2. The topological polar surface area (TPSA) is 71.2 Å². The molecule has 1 saturated heterocycles.